The second-order valence-electron chi connectivity index (χ2n) is 8.86. The number of ether oxygens (including phenoxy) is 3. The van der Waals surface area contributed by atoms with Crippen molar-refractivity contribution in [1.29, 1.82) is 0 Å². The van der Waals surface area contributed by atoms with Crippen molar-refractivity contribution in [1.82, 2.24) is 5.32 Å². The van der Waals surface area contributed by atoms with Gasteiger partial charge in [0.05, 0.1) is 18.6 Å². The lowest BCUT2D eigenvalue weighted by molar-refractivity contribution is -0.140. The van der Waals surface area contributed by atoms with Crippen LogP contribution in [0.3, 0.4) is 0 Å². The Labute approximate surface area is 231 Å². The van der Waals surface area contributed by atoms with Crippen molar-refractivity contribution in [2.75, 3.05) is 40.3 Å². The van der Waals surface area contributed by atoms with E-state index in [1.165, 1.54) is 0 Å². The van der Waals surface area contributed by atoms with Crippen LogP contribution < -0.4 is 11.1 Å². The van der Waals surface area contributed by atoms with Crippen LogP contribution in [0.2, 0.25) is 0 Å². The first-order valence-corrected chi connectivity index (χ1v) is 13.0. The van der Waals surface area contributed by atoms with Crippen LogP contribution in [0.5, 0.6) is 0 Å². The number of benzene rings is 1. The van der Waals surface area contributed by atoms with Crippen molar-refractivity contribution < 1.29 is 43.9 Å². The minimum atomic E-state index is -0.972. The minimum absolute atomic E-state index is 0.000539. The van der Waals surface area contributed by atoms with Crippen LogP contribution in [0.25, 0.3) is 0 Å². The van der Waals surface area contributed by atoms with Gasteiger partial charge in [0.25, 0.3) is 0 Å². The van der Waals surface area contributed by atoms with Gasteiger partial charge in [0.1, 0.15) is 6.79 Å². The zero-order valence-corrected chi connectivity index (χ0v) is 22.8. The van der Waals surface area contributed by atoms with Gasteiger partial charge < -0.3 is 40.6 Å². The van der Waals surface area contributed by atoms with E-state index in [2.05, 4.69) is 17.0 Å². The third-order valence-electron chi connectivity index (χ3n) is 5.77. The van der Waals surface area contributed by atoms with E-state index in [-0.39, 0.29) is 57.9 Å². The molecule has 2 unspecified atom stereocenters. The van der Waals surface area contributed by atoms with Gasteiger partial charge in [-0.2, -0.15) is 0 Å². The lowest BCUT2D eigenvalue weighted by Gasteiger charge is -2.27. The number of rotatable bonds is 21. The number of methoxy groups -OCH3 is 1. The van der Waals surface area contributed by atoms with Crippen LogP contribution >= 0.6 is 0 Å². The van der Waals surface area contributed by atoms with E-state index in [4.69, 9.17) is 30.5 Å². The molecule has 0 saturated carbocycles. The Bertz CT molecular complexity index is 827. The summed E-state index contributed by atoms with van der Waals surface area (Å²) in [6, 6.07) is 7.08. The third kappa shape index (κ3) is 19.7. The molecule has 1 aromatic carbocycles. The second-order valence-corrected chi connectivity index (χ2v) is 8.86. The zero-order chi connectivity index (χ0) is 29.3. The molecular formula is C28H44N2O9. The van der Waals surface area contributed by atoms with Crippen molar-refractivity contribution in [3.63, 3.8) is 0 Å². The molecule has 39 heavy (non-hydrogen) atoms. The predicted octanol–water partition coefficient (Wildman–Crippen LogP) is 1.22. The molecule has 0 aromatic heterocycles. The van der Waals surface area contributed by atoms with E-state index >= 15 is 0 Å². The van der Waals surface area contributed by atoms with Crippen molar-refractivity contribution >= 4 is 18.3 Å². The SMILES string of the molecule is C#Cc1ccc(CC(=O)NCC(O)C[C@H](OCOCCCCCCOC)C(CO)CCC(=O)O)cc1.NC=O. The van der Waals surface area contributed by atoms with Gasteiger partial charge in [-0.1, -0.05) is 30.9 Å². The molecule has 1 aromatic rings. The largest absolute Gasteiger partial charge is 0.481 e. The molecule has 0 aliphatic rings. The van der Waals surface area contributed by atoms with Gasteiger partial charge in [0, 0.05) is 57.8 Å². The summed E-state index contributed by atoms with van der Waals surface area (Å²) in [4.78, 5) is 31.8. The summed E-state index contributed by atoms with van der Waals surface area (Å²) in [5, 5.41) is 32.0. The molecule has 2 amide bonds. The number of hydrogen-bond acceptors (Lipinski definition) is 8. The highest BCUT2D eigenvalue weighted by Crippen LogP contribution is 2.19. The van der Waals surface area contributed by atoms with Crippen LogP contribution in [-0.2, 0) is 35.0 Å². The molecule has 0 radical (unpaired) electrons. The summed E-state index contributed by atoms with van der Waals surface area (Å²) in [7, 11) is 1.68. The van der Waals surface area contributed by atoms with E-state index in [0.717, 1.165) is 43.4 Å². The number of primary amides is 1. The molecule has 0 bridgehead atoms. The molecule has 3 atom stereocenters. The Kier molecular flexibility index (Phi) is 22.2. The quantitative estimate of drug-likeness (QED) is 0.0649. The van der Waals surface area contributed by atoms with Crippen LogP contribution in [0.4, 0.5) is 0 Å². The van der Waals surface area contributed by atoms with Gasteiger partial charge in [-0.05, 0) is 37.0 Å². The smallest absolute Gasteiger partial charge is 0.303 e. The summed E-state index contributed by atoms with van der Waals surface area (Å²) in [6.07, 6.45) is 8.29. The van der Waals surface area contributed by atoms with Gasteiger partial charge in [0.15, 0.2) is 0 Å². The summed E-state index contributed by atoms with van der Waals surface area (Å²) in [5.74, 6) is 0.808. The van der Waals surface area contributed by atoms with Crippen LogP contribution in [0.15, 0.2) is 24.3 Å². The number of unbranched alkanes of at least 4 members (excludes halogenated alkanes) is 3. The van der Waals surface area contributed by atoms with E-state index in [9.17, 15) is 19.8 Å². The van der Waals surface area contributed by atoms with E-state index in [1.54, 1.807) is 31.4 Å². The first kappa shape index (κ1) is 36.0. The predicted molar refractivity (Wildman–Crippen MR) is 145 cm³/mol. The lowest BCUT2D eigenvalue weighted by Crippen LogP contribution is -2.38. The highest BCUT2D eigenvalue weighted by Gasteiger charge is 2.26. The van der Waals surface area contributed by atoms with Crippen molar-refractivity contribution in [3.8, 4) is 12.3 Å². The Morgan fingerprint density at radius 1 is 1.15 bits per heavy atom. The van der Waals surface area contributed by atoms with E-state index in [0.29, 0.717) is 6.61 Å². The molecule has 0 aliphatic carbocycles. The molecule has 220 valence electrons. The highest BCUT2D eigenvalue weighted by molar-refractivity contribution is 5.78. The molecule has 6 N–H and O–H groups in total. The van der Waals surface area contributed by atoms with Gasteiger partial charge in [-0.15, -0.1) is 6.42 Å². The highest BCUT2D eigenvalue weighted by atomic mass is 16.7. The number of nitrogens with two attached hydrogens (primary N) is 1. The number of carbonyl (C=O) groups is 3. The van der Waals surface area contributed by atoms with Crippen molar-refractivity contribution in [2.24, 2.45) is 11.7 Å². The molecular weight excluding hydrogens is 508 g/mol. The van der Waals surface area contributed by atoms with Gasteiger partial charge in [0.2, 0.25) is 12.3 Å². The number of nitrogens with one attached hydrogen (secondary N) is 1. The fraction of sp³-hybridized carbons (Fsp3) is 0.607. The lowest BCUT2D eigenvalue weighted by atomic mass is 9.93. The number of carboxylic acid groups (broad SMARTS) is 1. The van der Waals surface area contributed by atoms with Crippen molar-refractivity contribution in [3.05, 3.63) is 35.4 Å². The van der Waals surface area contributed by atoms with Gasteiger partial charge >= 0.3 is 5.97 Å². The fourth-order valence-corrected chi connectivity index (χ4v) is 3.65. The van der Waals surface area contributed by atoms with E-state index in [1.807, 2.05) is 0 Å². The average Bonchev–Trinajstić information content (AvgIpc) is 2.91. The number of hydrogen-bond donors (Lipinski definition) is 5. The third-order valence-corrected chi connectivity index (χ3v) is 5.77. The normalized spacial score (nSPS) is 12.8. The van der Waals surface area contributed by atoms with Gasteiger partial charge in [-0.3, -0.25) is 14.4 Å². The molecule has 11 nitrogen and oxygen atoms in total. The molecule has 1 rings (SSSR count). The summed E-state index contributed by atoms with van der Waals surface area (Å²) >= 11 is 0. The van der Waals surface area contributed by atoms with Gasteiger partial charge in [-0.25, -0.2) is 0 Å². The number of carbonyl (C=O) groups excluding carboxylic acids is 2. The summed E-state index contributed by atoms with van der Waals surface area (Å²) in [5.41, 5.74) is 5.69. The molecule has 0 aliphatic heterocycles. The monoisotopic (exact) mass is 552 g/mol. The molecule has 0 spiro atoms. The number of amides is 2. The number of terminal acetylenes is 1. The number of carboxylic acids is 1. The maximum atomic E-state index is 12.3. The number of aliphatic carboxylic acids is 1. The summed E-state index contributed by atoms with van der Waals surface area (Å²) in [6.45, 7) is 0.941. The molecule has 0 heterocycles. The van der Waals surface area contributed by atoms with Crippen LogP contribution in [0, 0.1) is 18.3 Å². The Morgan fingerprint density at radius 2 is 1.79 bits per heavy atom. The van der Waals surface area contributed by atoms with Crippen LogP contribution in [-0.4, -0.2) is 86.1 Å². The maximum absolute atomic E-state index is 12.3. The zero-order valence-electron chi connectivity index (χ0n) is 22.8. The Morgan fingerprint density at radius 3 is 2.36 bits per heavy atom. The van der Waals surface area contributed by atoms with Crippen molar-refractivity contribution in [2.45, 2.75) is 63.6 Å². The Hall–Kier alpha value is -3.01. The first-order chi connectivity index (χ1) is 18.8. The van der Waals surface area contributed by atoms with E-state index < -0.39 is 24.1 Å². The molecule has 11 heteroatoms. The number of aliphatic hydroxyl groups excluding tert-OH is 2. The second kappa shape index (κ2) is 24.1. The average molecular weight is 553 g/mol. The molecule has 0 fully saturated rings. The first-order valence-electron chi connectivity index (χ1n) is 13.0. The number of aliphatic hydroxyl groups is 2. The topological polar surface area (TPSA) is 178 Å². The minimum Gasteiger partial charge on any atom is -0.481 e. The molecule has 0 saturated heterocycles. The fourth-order valence-electron chi connectivity index (χ4n) is 3.65. The standard InChI is InChI=1S/C27H41NO8.CH3NO/c1-3-21-8-10-22(11-9-21)16-26(31)28-18-24(30)17-25(23(19-29)12-13-27(32)33)36-20-35-15-7-5-4-6-14-34-2;2-1-3/h1,8-11,23-25,29-30H,4-7,12-20H2,2H3,(H,28,31)(H,32,33);1H,(H2,2,3)/t23?,24?,25-;/m0./s1. The Balaban J connectivity index is 0.00000458. The maximum Gasteiger partial charge on any atom is 0.303 e. The van der Waals surface area contributed by atoms with Crippen LogP contribution in [0.1, 0.15) is 56.1 Å². The summed E-state index contributed by atoms with van der Waals surface area (Å²) < 4.78 is 16.3.